The largest absolute Gasteiger partial charge is 0.346 e. The molecule has 0 spiro atoms. The maximum Gasteiger partial charge on any atom is 0.253 e. The van der Waals surface area contributed by atoms with Crippen LogP contribution in [0.4, 0.5) is 0 Å². The van der Waals surface area contributed by atoms with Gasteiger partial charge in [-0.15, -0.1) is 0 Å². The molecule has 1 N–H and O–H groups in total. The lowest BCUT2D eigenvalue weighted by Gasteiger charge is -2.33. The second-order valence-electron chi connectivity index (χ2n) is 8.92. The number of hydrogen-bond donors (Lipinski definition) is 1. The predicted molar refractivity (Wildman–Crippen MR) is 126 cm³/mol. The molecule has 1 unspecified atom stereocenters. The Kier molecular flexibility index (Phi) is 6.88. The van der Waals surface area contributed by atoms with Crippen molar-refractivity contribution in [3.8, 4) is 0 Å². The van der Waals surface area contributed by atoms with Crippen LogP contribution in [-0.2, 0) is 11.2 Å². The van der Waals surface area contributed by atoms with Crippen molar-refractivity contribution in [2.75, 3.05) is 26.7 Å². The quantitative estimate of drug-likeness (QED) is 0.608. The summed E-state index contributed by atoms with van der Waals surface area (Å²) in [4.78, 5) is 37.2. The van der Waals surface area contributed by atoms with Crippen LogP contribution in [0.15, 0.2) is 48.5 Å². The van der Waals surface area contributed by atoms with Gasteiger partial charge in [-0.2, -0.15) is 0 Å². The highest BCUT2D eigenvalue weighted by atomic mass is 16.2. The first kappa shape index (κ1) is 22.1. The maximum absolute atomic E-state index is 13.1. The molecule has 2 aromatic carbocycles. The molecular formula is C26H32N4O2. The van der Waals surface area contributed by atoms with Gasteiger partial charge in [0.2, 0.25) is 5.91 Å². The number of nitrogens with one attached hydrogen (secondary N) is 1. The van der Waals surface area contributed by atoms with E-state index in [1.54, 1.807) is 0 Å². The fraction of sp³-hybridized carbons (Fsp3) is 0.423. The molecule has 1 aromatic heterocycles. The van der Waals surface area contributed by atoms with Crippen LogP contribution < -0.4 is 0 Å². The SMILES string of the molecule is Cc1nc2ccc(C(=O)N3CCCC(CC(=O)N(C)CCCc4ccccc4)C3)cc2[nH]1. The number of nitrogens with zero attached hydrogens (tertiary/aromatic N) is 3. The van der Waals surface area contributed by atoms with Crippen molar-refractivity contribution >= 4 is 22.8 Å². The number of rotatable bonds is 7. The van der Waals surface area contributed by atoms with Crippen LogP contribution in [0.5, 0.6) is 0 Å². The molecule has 1 fully saturated rings. The number of H-pyrrole nitrogens is 1. The third kappa shape index (κ3) is 5.36. The van der Waals surface area contributed by atoms with Gasteiger partial charge in [-0.25, -0.2) is 4.98 Å². The first-order valence-electron chi connectivity index (χ1n) is 11.5. The number of benzene rings is 2. The van der Waals surface area contributed by atoms with Crippen LogP contribution in [0, 0.1) is 12.8 Å². The van der Waals surface area contributed by atoms with Gasteiger partial charge in [0.05, 0.1) is 11.0 Å². The van der Waals surface area contributed by atoms with E-state index in [1.165, 1.54) is 5.56 Å². The van der Waals surface area contributed by atoms with Crippen LogP contribution in [0.1, 0.15) is 47.4 Å². The Morgan fingerprint density at radius 2 is 2.00 bits per heavy atom. The first-order chi connectivity index (χ1) is 15.5. The van der Waals surface area contributed by atoms with Gasteiger partial charge in [0.1, 0.15) is 5.82 Å². The van der Waals surface area contributed by atoms with Gasteiger partial charge in [-0.05, 0) is 62.3 Å². The van der Waals surface area contributed by atoms with Crippen molar-refractivity contribution in [1.29, 1.82) is 0 Å². The standard InChI is InChI=1S/C26H32N4O2/c1-19-27-23-13-12-22(17-24(23)28-19)26(32)30-15-7-11-21(18-30)16-25(31)29(2)14-6-10-20-8-4-3-5-9-20/h3-5,8-9,12-13,17,21H,6-7,10-11,14-16,18H2,1-2H3,(H,27,28). The lowest BCUT2D eigenvalue weighted by Crippen LogP contribution is -2.41. The molecule has 6 nitrogen and oxygen atoms in total. The fourth-order valence-electron chi connectivity index (χ4n) is 4.56. The molecule has 1 atom stereocenters. The van der Waals surface area contributed by atoms with Gasteiger partial charge in [0, 0.05) is 38.7 Å². The van der Waals surface area contributed by atoms with Crippen molar-refractivity contribution < 1.29 is 9.59 Å². The predicted octanol–water partition coefficient (Wildman–Crippen LogP) is 4.20. The van der Waals surface area contributed by atoms with E-state index in [0.29, 0.717) is 18.5 Å². The number of aromatic amines is 1. The van der Waals surface area contributed by atoms with E-state index in [2.05, 4.69) is 34.2 Å². The number of amides is 2. The average molecular weight is 433 g/mol. The summed E-state index contributed by atoms with van der Waals surface area (Å²) in [7, 11) is 1.89. The van der Waals surface area contributed by atoms with Gasteiger partial charge < -0.3 is 14.8 Å². The zero-order chi connectivity index (χ0) is 22.5. The van der Waals surface area contributed by atoms with E-state index in [4.69, 9.17) is 0 Å². The van der Waals surface area contributed by atoms with E-state index < -0.39 is 0 Å². The molecule has 2 amide bonds. The maximum atomic E-state index is 13.1. The Morgan fingerprint density at radius 3 is 2.81 bits per heavy atom. The zero-order valence-electron chi connectivity index (χ0n) is 19.0. The Morgan fingerprint density at radius 1 is 1.19 bits per heavy atom. The number of piperidine rings is 1. The molecule has 1 aliphatic rings. The van der Waals surface area contributed by atoms with Crippen LogP contribution in [0.2, 0.25) is 0 Å². The van der Waals surface area contributed by atoms with Gasteiger partial charge in [0.15, 0.2) is 0 Å². The summed E-state index contributed by atoms with van der Waals surface area (Å²) in [5.41, 5.74) is 3.73. The number of carbonyl (C=O) groups excluding carboxylic acids is 2. The Labute approximate surface area is 189 Å². The third-order valence-corrected chi connectivity index (χ3v) is 6.34. The molecule has 1 saturated heterocycles. The van der Waals surface area contributed by atoms with E-state index in [1.807, 2.05) is 48.0 Å². The lowest BCUT2D eigenvalue weighted by atomic mass is 9.93. The van der Waals surface area contributed by atoms with Crippen molar-refractivity contribution in [1.82, 2.24) is 19.8 Å². The minimum absolute atomic E-state index is 0.0347. The van der Waals surface area contributed by atoms with Crippen LogP contribution in [0.25, 0.3) is 11.0 Å². The van der Waals surface area contributed by atoms with Crippen molar-refractivity contribution in [3.63, 3.8) is 0 Å². The fourth-order valence-corrected chi connectivity index (χ4v) is 4.56. The lowest BCUT2D eigenvalue weighted by molar-refractivity contribution is -0.131. The summed E-state index contributed by atoms with van der Waals surface area (Å²) in [6.45, 7) is 4.05. The number of aromatic nitrogens is 2. The second-order valence-corrected chi connectivity index (χ2v) is 8.92. The smallest absolute Gasteiger partial charge is 0.253 e. The number of likely N-dealkylation sites (tertiary alicyclic amines) is 1. The van der Waals surface area contributed by atoms with Crippen molar-refractivity contribution in [3.05, 3.63) is 65.5 Å². The third-order valence-electron chi connectivity index (χ3n) is 6.34. The summed E-state index contributed by atoms with van der Waals surface area (Å²) >= 11 is 0. The number of imidazole rings is 1. The average Bonchev–Trinajstić information content (AvgIpc) is 3.18. The Bertz CT molecular complexity index is 1080. The summed E-state index contributed by atoms with van der Waals surface area (Å²) < 4.78 is 0. The van der Waals surface area contributed by atoms with Crippen LogP contribution in [0.3, 0.4) is 0 Å². The van der Waals surface area contributed by atoms with Gasteiger partial charge >= 0.3 is 0 Å². The monoisotopic (exact) mass is 432 g/mol. The van der Waals surface area contributed by atoms with E-state index in [9.17, 15) is 9.59 Å². The molecule has 3 aromatic rings. The summed E-state index contributed by atoms with van der Waals surface area (Å²) in [5, 5.41) is 0. The van der Waals surface area contributed by atoms with Crippen molar-refractivity contribution in [2.45, 2.75) is 39.0 Å². The summed E-state index contributed by atoms with van der Waals surface area (Å²) in [6, 6.07) is 16.0. The molecule has 1 aliphatic heterocycles. The molecule has 4 rings (SSSR count). The number of carbonyl (C=O) groups is 2. The highest BCUT2D eigenvalue weighted by Gasteiger charge is 2.27. The molecule has 6 heteroatoms. The zero-order valence-corrected chi connectivity index (χ0v) is 19.0. The Balaban J connectivity index is 1.28. The minimum Gasteiger partial charge on any atom is -0.346 e. The Hall–Kier alpha value is -3.15. The van der Waals surface area contributed by atoms with Gasteiger partial charge in [-0.3, -0.25) is 9.59 Å². The second kappa shape index (κ2) is 9.98. The molecule has 0 aliphatic carbocycles. The highest BCUT2D eigenvalue weighted by Crippen LogP contribution is 2.23. The summed E-state index contributed by atoms with van der Waals surface area (Å²) in [6.07, 6.45) is 4.37. The van der Waals surface area contributed by atoms with Crippen molar-refractivity contribution in [2.24, 2.45) is 5.92 Å². The van der Waals surface area contributed by atoms with Crippen LogP contribution in [-0.4, -0.2) is 58.3 Å². The first-order valence-corrected chi connectivity index (χ1v) is 11.5. The van der Waals surface area contributed by atoms with Gasteiger partial charge in [-0.1, -0.05) is 30.3 Å². The normalized spacial score (nSPS) is 16.3. The molecule has 2 heterocycles. The highest BCUT2D eigenvalue weighted by molar-refractivity contribution is 5.97. The number of aryl methyl sites for hydroxylation is 2. The minimum atomic E-state index is 0.0347. The molecule has 32 heavy (non-hydrogen) atoms. The molecule has 0 bridgehead atoms. The molecule has 168 valence electrons. The molecular weight excluding hydrogens is 400 g/mol. The number of hydrogen-bond acceptors (Lipinski definition) is 3. The molecule has 0 radical (unpaired) electrons. The van der Waals surface area contributed by atoms with E-state index in [-0.39, 0.29) is 17.7 Å². The van der Waals surface area contributed by atoms with Gasteiger partial charge in [0.25, 0.3) is 5.91 Å². The summed E-state index contributed by atoms with van der Waals surface area (Å²) in [5.74, 6) is 1.27. The van der Waals surface area contributed by atoms with E-state index in [0.717, 1.165) is 55.6 Å². The topological polar surface area (TPSA) is 69.3 Å². The van der Waals surface area contributed by atoms with Crippen LogP contribution >= 0.6 is 0 Å². The number of fused-ring (bicyclic) bond motifs is 1. The van der Waals surface area contributed by atoms with E-state index >= 15 is 0 Å². The molecule has 0 saturated carbocycles.